The number of hydrogen-bond donors (Lipinski definition) is 1. The third-order valence-electron chi connectivity index (χ3n) is 1.79. The third-order valence-corrected chi connectivity index (χ3v) is 2.98. The average Bonchev–Trinajstić information content (AvgIpc) is 2.18. The van der Waals surface area contributed by atoms with Gasteiger partial charge in [0.25, 0.3) is 5.91 Å². The van der Waals surface area contributed by atoms with Gasteiger partial charge >= 0.3 is 0 Å². The van der Waals surface area contributed by atoms with Crippen LogP contribution in [0.1, 0.15) is 16.8 Å². The Morgan fingerprint density at radius 3 is 2.47 bits per heavy atom. The second kappa shape index (κ2) is 6.36. The Morgan fingerprint density at radius 1 is 1.33 bits per heavy atom. The highest BCUT2D eigenvalue weighted by Crippen LogP contribution is 2.23. The Hall–Kier alpha value is -0.250. The molecule has 0 atom stereocenters. The summed E-state index contributed by atoms with van der Waals surface area (Å²) in [5.74, 6) is -0.230. The Bertz CT molecular complexity index is 337. The molecule has 0 aliphatic heterocycles. The van der Waals surface area contributed by atoms with Crippen LogP contribution >= 0.6 is 39.1 Å². The van der Waals surface area contributed by atoms with Crippen LogP contribution in [0.15, 0.2) is 18.2 Å². The van der Waals surface area contributed by atoms with Crippen molar-refractivity contribution in [3.8, 4) is 0 Å². The normalized spacial score (nSPS) is 10.1. The predicted octanol–water partition coefficient (Wildman–Crippen LogP) is 3.51. The molecule has 0 fully saturated rings. The minimum Gasteiger partial charge on any atom is -0.352 e. The lowest BCUT2D eigenvalue weighted by molar-refractivity contribution is 0.0954. The van der Waals surface area contributed by atoms with Crippen molar-refractivity contribution in [1.82, 2.24) is 5.32 Å². The molecule has 0 radical (unpaired) electrons. The zero-order valence-corrected chi connectivity index (χ0v) is 11.0. The molecule has 0 heterocycles. The summed E-state index contributed by atoms with van der Waals surface area (Å²) in [6.45, 7) is 0.603. The van der Waals surface area contributed by atoms with Gasteiger partial charge in [-0.1, -0.05) is 45.2 Å². The van der Waals surface area contributed by atoms with E-state index in [9.17, 15) is 4.79 Å². The molecule has 0 bridgehead atoms. The van der Waals surface area contributed by atoms with Gasteiger partial charge in [0.2, 0.25) is 0 Å². The Morgan fingerprint density at radius 2 is 1.93 bits per heavy atom. The zero-order valence-electron chi connectivity index (χ0n) is 7.90. The van der Waals surface area contributed by atoms with Crippen molar-refractivity contribution < 1.29 is 4.79 Å². The molecule has 1 aromatic carbocycles. The minimum absolute atomic E-state index is 0.230. The summed E-state index contributed by atoms with van der Waals surface area (Å²) >= 11 is 15.0. The fourth-order valence-corrected chi connectivity index (χ4v) is 1.92. The number of hydrogen-bond acceptors (Lipinski definition) is 1. The molecule has 1 aromatic rings. The largest absolute Gasteiger partial charge is 0.352 e. The first-order chi connectivity index (χ1) is 7.16. The predicted molar refractivity (Wildman–Crippen MR) is 67.2 cm³/mol. The Labute approximate surface area is 107 Å². The molecule has 2 nitrogen and oxygen atoms in total. The summed E-state index contributed by atoms with van der Waals surface area (Å²) in [7, 11) is 0. The van der Waals surface area contributed by atoms with Crippen LogP contribution < -0.4 is 5.32 Å². The van der Waals surface area contributed by atoms with Crippen molar-refractivity contribution in [2.45, 2.75) is 6.42 Å². The number of carbonyl (C=O) groups is 1. The molecular weight excluding hydrogens is 301 g/mol. The highest BCUT2D eigenvalue weighted by atomic mass is 79.9. The van der Waals surface area contributed by atoms with E-state index in [2.05, 4.69) is 21.2 Å². The van der Waals surface area contributed by atoms with E-state index in [4.69, 9.17) is 23.2 Å². The van der Waals surface area contributed by atoms with Crippen LogP contribution in [0.3, 0.4) is 0 Å². The number of carbonyl (C=O) groups excluding carboxylic acids is 1. The number of halogens is 3. The molecule has 0 aromatic heterocycles. The van der Waals surface area contributed by atoms with Gasteiger partial charge in [0, 0.05) is 11.9 Å². The van der Waals surface area contributed by atoms with Crippen molar-refractivity contribution in [2.75, 3.05) is 11.9 Å². The van der Waals surface area contributed by atoms with Gasteiger partial charge in [0.1, 0.15) is 0 Å². The van der Waals surface area contributed by atoms with Crippen molar-refractivity contribution in [3.05, 3.63) is 33.8 Å². The monoisotopic (exact) mass is 309 g/mol. The molecule has 5 heteroatoms. The first kappa shape index (κ1) is 12.8. The summed E-state index contributed by atoms with van der Waals surface area (Å²) in [5, 5.41) is 4.34. The second-order valence-corrected chi connectivity index (χ2v) is 4.50. The van der Waals surface area contributed by atoms with Crippen LogP contribution in [-0.4, -0.2) is 17.8 Å². The molecule has 82 valence electrons. The first-order valence-electron chi connectivity index (χ1n) is 4.45. The second-order valence-electron chi connectivity index (χ2n) is 2.90. The van der Waals surface area contributed by atoms with E-state index in [0.29, 0.717) is 22.2 Å². The van der Waals surface area contributed by atoms with Crippen molar-refractivity contribution >= 4 is 45.0 Å². The van der Waals surface area contributed by atoms with Crippen molar-refractivity contribution in [2.24, 2.45) is 0 Å². The van der Waals surface area contributed by atoms with Crippen molar-refractivity contribution in [1.29, 1.82) is 0 Å². The molecule has 1 amide bonds. The van der Waals surface area contributed by atoms with Gasteiger partial charge in [-0.25, -0.2) is 0 Å². The summed E-state index contributed by atoms with van der Waals surface area (Å²) in [4.78, 5) is 11.7. The minimum atomic E-state index is -0.230. The first-order valence-corrected chi connectivity index (χ1v) is 6.32. The van der Waals surface area contributed by atoms with E-state index >= 15 is 0 Å². The quantitative estimate of drug-likeness (QED) is 0.669. The summed E-state index contributed by atoms with van der Waals surface area (Å²) in [6.07, 6.45) is 0.869. The summed E-state index contributed by atoms with van der Waals surface area (Å²) < 4.78 is 0. The molecule has 0 unspecified atom stereocenters. The molecule has 1 N–H and O–H groups in total. The number of alkyl halides is 1. The summed E-state index contributed by atoms with van der Waals surface area (Å²) in [5.41, 5.74) is 0.343. The van der Waals surface area contributed by atoms with Crippen molar-refractivity contribution in [3.63, 3.8) is 0 Å². The van der Waals surface area contributed by atoms with Crippen LogP contribution in [0.25, 0.3) is 0 Å². The van der Waals surface area contributed by atoms with E-state index < -0.39 is 0 Å². The molecule has 1 rings (SSSR count). The number of nitrogens with one attached hydrogen (secondary N) is 1. The van der Waals surface area contributed by atoms with Gasteiger partial charge in [-0.05, 0) is 18.6 Å². The number of benzene rings is 1. The van der Waals surface area contributed by atoms with E-state index in [0.717, 1.165) is 11.8 Å². The maximum Gasteiger partial charge on any atom is 0.254 e. The van der Waals surface area contributed by atoms with E-state index in [-0.39, 0.29) is 5.91 Å². The molecule has 0 aliphatic carbocycles. The van der Waals surface area contributed by atoms with Gasteiger partial charge in [-0.2, -0.15) is 0 Å². The highest BCUT2D eigenvalue weighted by Gasteiger charge is 2.13. The molecule has 0 saturated carbocycles. The van der Waals surface area contributed by atoms with E-state index in [1.807, 2.05) is 0 Å². The lowest BCUT2D eigenvalue weighted by Gasteiger charge is -2.07. The lowest BCUT2D eigenvalue weighted by atomic mass is 10.2. The third kappa shape index (κ3) is 3.67. The Balaban J connectivity index is 2.73. The van der Waals surface area contributed by atoms with Crippen LogP contribution in [0.2, 0.25) is 10.0 Å². The van der Waals surface area contributed by atoms with E-state index in [1.54, 1.807) is 18.2 Å². The molecule has 0 spiro atoms. The van der Waals surface area contributed by atoms with Crippen LogP contribution in [0.5, 0.6) is 0 Å². The fraction of sp³-hybridized carbons (Fsp3) is 0.300. The van der Waals surface area contributed by atoms with Crippen LogP contribution in [0.4, 0.5) is 0 Å². The topological polar surface area (TPSA) is 29.1 Å². The SMILES string of the molecule is O=C(NCCCBr)c1c(Cl)cccc1Cl. The molecular formula is C10H10BrCl2NO. The van der Waals surface area contributed by atoms with Gasteiger partial charge in [0.15, 0.2) is 0 Å². The maximum absolute atomic E-state index is 11.7. The molecule has 0 saturated heterocycles. The van der Waals surface area contributed by atoms with Gasteiger partial charge in [-0.15, -0.1) is 0 Å². The lowest BCUT2D eigenvalue weighted by Crippen LogP contribution is -2.25. The summed E-state index contributed by atoms with van der Waals surface area (Å²) in [6, 6.07) is 5.00. The van der Waals surface area contributed by atoms with Crippen LogP contribution in [0, 0.1) is 0 Å². The van der Waals surface area contributed by atoms with Crippen LogP contribution in [-0.2, 0) is 0 Å². The zero-order chi connectivity index (χ0) is 11.3. The van der Waals surface area contributed by atoms with E-state index in [1.165, 1.54) is 0 Å². The van der Waals surface area contributed by atoms with Gasteiger partial charge in [-0.3, -0.25) is 4.79 Å². The smallest absolute Gasteiger partial charge is 0.254 e. The maximum atomic E-state index is 11.7. The van der Waals surface area contributed by atoms with Gasteiger partial charge in [0.05, 0.1) is 15.6 Å². The Kier molecular flexibility index (Phi) is 5.43. The average molecular weight is 311 g/mol. The molecule has 15 heavy (non-hydrogen) atoms. The standard InChI is InChI=1S/C10H10BrCl2NO/c11-5-2-6-14-10(15)9-7(12)3-1-4-8(9)13/h1,3-4H,2,5-6H2,(H,14,15). The number of rotatable bonds is 4. The fourth-order valence-electron chi connectivity index (χ4n) is 1.07. The van der Waals surface area contributed by atoms with Gasteiger partial charge < -0.3 is 5.32 Å². The highest BCUT2D eigenvalue weighted by molar-refractivity contribution is 9.09. The number of amides is 1. The molecule has 0 aliphatic rings.